The number of nitrogens with zero attached hydrogens (tertiary/aromatic N) is 1. The first-order valence-corrected chi connectivity index (χ1v) is 6.60. The highest BCUT2D eigenvalue weighted by Crippen LogP contribution is 2.28. The molecule has 0 saturated heterocycles. The minimum absolute atomic E-state index is 0.337. The maximum Gasteiger partial charge on any atom is 0.117 e. The van der Waals surface area contributed by atoms with Gasteiger partial charge in [-0.05, 0) is 58.0 Å². The third-order valence-electron chi connectivity index (χ3n) is 3.33. The van der Waals surface area contributed by atoms with Crippen LogP contribution in [-0.4, -0.2) is 23.3 Å². The minimum atomic E-state index is 0.337. The van der Waals surface area contributed by atoms with Crippen LogP contribution in [0.3, 0.4) is 0 Å². The van der Waals surface area contributed by atoms with E-state index in [4.69, 9.17) is 0 Å². The summed E-state index contributed by atoms with van der Waals surface area (Å²) < 4.78 is 2.24. The molecule has 0 spiro atoms. The summed E-state index contributed by atoms with van der Waals surface area (Å²) in [5.74, 6) is 0.337. The molecule has 0 amide bonds. The van der Waals surface area contributed by atoms with Crippen LogP contribution in [0.2, 0.25) is 0 Å². The second-order valence-corrected chi connectivity index (χ2v) is 5.06. The molecule has 0 bridgehead atoms. The summed E-state index contributed by atoms with van der Waals surface area (Å²) >= 11 is 0. The Labute approximate surface area is 108 Å². The number of fused-ring (bicyclic) bond motifs is 1. The smallest absolute Gasteiger partial charge is 0.117 e. The first-order chi connectivity index (χ1) is 8.63. The van der Waals surface area contributed by atoms with Crippen molar-refractivity contribution < 1.29 is 5.11 Å². The molecule has 1 aromatic heterocycles. The van der Waals surface area contributed by atoms with Gasteiger partial charge in [0, 0.05) is 23.7 Å². The number of phenols is 1. The molecule has 3 nitrogen and oxygen atoms in total. The number of aromatic hydroxyl groups is 1. The average Bonchev–Trinajstić information content (AvgIpc) is 2.68. The highest BCUT2D eigenvalue weighted by molar-refractivity contribution is 5.85. The van der Waals surface area contributed by atoms with Gasteiger partial charge in [0.2, 0.25) is 0 Å². The highest BCUT2D eigenvalue weighted by atomic mass is 16.3. The predicted molar refractivity (Wildman–Crippen MR) is 76.2 cm³/mol. The highest BCUT2D eigenvalue weighted by Gasteiger charge is 2.10. The molecule has 0 fully saturated rings. The molecular formula is C15H22N2O. The summed E-state index contributed by atoms with van der Waals surface area (Å²) in [4.78, 5) is 0. The number of phenolic OH excluding ortho intramolecular Hbond substituents is 1. The molecule has 0 radical (unpaired) electrons. The second-order valence-electron chi connectivity index (χ2n) is 5.06. The van der Waals surface area contributed by atoms with Crippen molar-refractivity contribution in [2.75, 3.05) is 13.6 Å². The number of rotatable bonds is 5. The number of nitrogens with one attached hydrogen (secondary N) is 1. The fraction of sp³-hybridized carbons (Fsp3) is 0.467. The molecule has 98 valence electrons. The summed E-state index contributed by atoms with van der Waals surface area (Å²) in [6.07, 6.45) is 4.43. The van der Waals surface area contributed by atoms with Gasteiger partial charge < -0.3 is 15.0 Å². The second kappa shape index (κ2) is 5.44. The van der Waals surface area contributed by atoms with Crippen molar-refractivity contribution in [3.63, 3.8) is 0 Å². The van der Waals surface area contributed by atoms with Crippen LogP contribution in [0.25, 0.3) is 10.9 Å². The van der Waals surface area contributed by atoms with Gasteiger partial charge in [0.1, 0.15) is 5.75 Å². The lowest BCUT2D eigenvalue weighted by Gasteiger charge is -2.08. The van der Waals surface area contributed by atoms with E-state index < -0.39 is 0 Å². The molecule has 0 aliphatic rings. The molecule has 18 heavy (non-hydrogen) atoms. The van der Waals surface area contributed by atoms with Crippen molar-refractivity contribution in [3.8, 4) is 5.75 Å². The van der Waals surface area contributed by atoms with Crippen LogP contribution < -0.4 is 5.32 Å². The van der Waals surface area contributed by atoms with Gasteiger partial charge in [0.05, 0.1) is 5.52 Å². The molecule has 3 heteroatoms. The van der Waals surface area contributed by atoms with Gasteiger partial charge in [-0.1, -0.05) is 0 Å². The quantitative estimate of drug-likeness (QED) is 0.796. The van der Waals surface area contributed by atoms with Crippen molar-refractivity contribution in [1.29, 1.82) is 0 Å². The zero-order valence-corrected chi connectivity index (χ0v) is 11.4. The molecular weight excluding hydrogens is 224 g/mol. The van der Waals surface area contributed by atoms with Crippen molar-refractivity contribution in [2.45, 2.75) is 32.7 Å². The lowest BCUT2D eigenvalue weighted by Crippen LogP contribution is -2.08. The summed E-state index contributed by atoms with van der Waals surface area (Å²) in [6.45, 7) is 5.37. The zero-order chi connectivity index (χ0) is 13.1. The number of aryl methyl sites for hydroxylation is 1. The fourth-order valence-electron chi connectivity index (χ4n) is 2.39. The van der Waals surface area contributed by atoms with E-state index in [2.05, 4.69) is 29.9 Å². The van der Waals surface area contributed by atoms with Crippen LogP contribution in [0, 0.1) is 0 Å². The Morgan fingerprint density at radius 3 is 2.78 bits per heavy atom. The minimum Gasteiger partial charge on any atom is -0.508 e. The molecule has 2 N–H and O–H groups in total. The zero-order valence-electron chi connectivity index (χ0n) is 11.4. The molecule has 0 atom stereocenters. The third kappa shape index (κ3) is 2.51. The van der Waals surface area contributed by atoms with E-state index in [0.717, 1.165) is 24.9 Å². The first kappa shape index (κ1) is 13.0. The molecule has 0 aliphatic heterocycles. The Morgan fingerprint density at radius 2 is 2.11 bits per heavy atom. The van der Waals surface area contributed by atoms with Crippen LogP contribution >= 0.6 is 0 Å². The van der Waals surface area contributed by atoms with Crippen LogP contribution in [0.15, 0.2) is 24.4 Å². The Bertz CT molecular complexity index is 529. The molecule has 0 saturated carbocycles. The molecule has 1 heterocycles. The van der Waals surface area contributed by atoms with Crippen LogP contribution in [0.4, 0.5) is 0 Å². The maximum atomic E-state index is 9.64. The van der Waals surface area contributed by atoms with Gasteiger partial charge in [0.25, 0.3) is 0 Å². The van der Waals surface area contributed by atoms with E-state index in [0.29, 0.717) is 11.8 Å². The Kier molecular flexibility index (Phi) is 3.92. The van der Waals surface area contributed by atoms with E-state index in [1.807, 2.05) is 19.2 Å². The maximum absolute atomic E-state index is 9.64. The third-order valence-corrected chi connectivity index (χ3v) is 3.33. The lowest BCUT2D eigenvalue weighted by atomic mass is 10.1. The largest absolute Gasteiger partial charge is 0.508 e. The van der Waals surface area contributed by atoms with Crippen LogP contribution in [0.1, 0.15) is 31.9 Å². The SMILES string of the molecule is CNCCCc1cn(C(C)C)c2cc(O)ccc12. The molecule has 0 aliphatic carbocycles. The molecule has 1 aromatic carbocycles. The van der Waals surface area contributed by atoms with Crippen LogP contribution in [-0.2, 0) is 6.42 Å². The fourth-order valence-corrected chi connectivity index (χ4v) is 2.39. The molecule has 0 unspecified atom stereocenters. The van der Waals surface area contributed by atoms with Gasteiger partial charge in [-0.25, -0.2) is 0 Å². The topological polar surface area (TPSA) is 37.2 Å². The Balaban J connectivity index is 2.41. The molecule has 2 rings (SSSR count). The van der Waals surface area contributed by atoms with E-state index >= 15 is 0 Å². The van der Waals surface area contributed by atoms with Gasteiger partial charge >= 0.3 is 0 Å². The van der Waals surface area contributed by atoms with Crippen molar-refractivity contribution in [3.05, 3.63) is 30.0 Å². The average molecular weight is 246 g/mol. The standard InChI is InChI=1S/C15H22N2O/c1-11(2)17-10-12(5-4-8-16-3)14-7-6-13(18)9-15(14)17/h6-7,9-11,16,18H,4-5,8H2,1-3H3. The molecule has 2 aromatic rings. The van der Waals surface area contributed by atoms with E-state index in [9.17, 15) is 5.11 Å². The monoisotopic (exact) mass is 246 g/mol. The number of hydrogen-bond donors (Lipinski definition) is 2. The number of hydrogen-bond acceptors (Lipinski definition) is 2. The normalized spacial score (nSPS) is 11.6. The van der Waals surface area contributed by atoms with Crippen molar-refractivity contribution >= 4 is 10.9 Å². The van der Waals surface area contributed by atoms with Gasteiger partial charge in [-0.3, -0.25) is 0 Å². The van der Waals surface area contributed by atoms with Gasteiger partial charge in [-0.2, -0.15) is 0 Å². The summed E-state index contributed by atoms with van der Waals surface area (Å²) in [6, 6.07) is 6.07. The van der Waals surface area contributed by atoms with Crippen molar-refractivity contribution in [2.24, 2.45) is 0 Å². The van der Waals surface area contributed by atoms with E-state index in [-0.39, 0.29) is 0 Å². The van der Waals surface area contributed by atoms with Gasteiger partial charge in [0.15, 0.2) is 0 Å². The lowest BCUT2D eigenvalue weighted by molar-refractivity contribution is 0.475. The first-order valence-electron chi connectivity index (χ1n) is 6.60. The number of benzene rings is 1. The number of aromatic nitrogens is 1. The van der Waals surface area contributed by atoms with Crippen LogP contribution in [0.5, 0.6) is 5.75 Å². The predicted octanol–water partition coefficient (Wildman–Crippen LogP) is 3.08. The van der Waals surface area contributed by atoms with Gasteiger partial charge in [-0.15, -0.1) is 0 Å². The van der Waals surface area contributed by atoms with E-state index in [1.54, 1.807) is 6.07 Å². The van der Waals surface area contributed by atoms with Crippen molar-refractivity contribution in [1.82, 2.24) is 9.88 Å². The summed E-state index contributed by atoms with van der Waals surface area (Å²) in [5, 5.41) is 14.1. The Hall–Kier alpha value is -1.48. The van der Waals surface area contributed by atoms with E-state index in [1.165, 1.54) is 10.9 Å². The summed E-state index contributed by atoms with van der Waals surface area (Å²) in [5.41, 5.74) is 2.50. The summed E-state index contributed by atoms with van der Waals surface area (Å²) in [7, 11) is 1.98. The Morgan fingerprint density at radius 1 is 1.33 bits per heavy atom.